The lowest BCUT2D eigenvalue weighted by molar-refractivity contribution is 0.192. The number of carbonyl (C=O) groups is 1. The van der Waals surface area contributed by atoms with Crippen molar-refractivity contribution < 1.29 is 9.53 Å². The molecular weight excluding hydrogens is 292 g/mol. The predicted molar refractivity (Wildman–Crippen MR) is 90.5 cm³/mol. The summed E-state index contributed by atoms with van der Waals surface area (Å²) in [6.45, 7) is 2.17. The molecule has 23 heavy (non-hydrogen) atoms. The summed E-state index contributed by atoms with van der Waals surface area (Å²) in [5, 5.41) is 9.86. The van der Waals surface area contributed by atoms with Crippen LogP contribution in [-0.2, 0) is 11.3 Å². The van der Waals surface area contributed by atoms with Crippen LogP contribution in [0.2, 0.25) is 0 Å². The first-order valence-electron chi connectivity index (χ1n) is 7.88. The van der Waals surface area contributed by atoms with E-state index in [4.69, 9.17) is 4.74 Å². The second kappa shape index (κ2) is 9.63. The summed E-state index contributed by atoms with van der Waals surface area (Å²) >= 11 is 0. The zero-order valence-electron chi connectivity index (χ0n) is 13.5. The summed E-state index contributed by atoms with van der Waals surface area (Å²) in [4.78, 5) is 11.8. The van der Waals surface area contributed by atoms with E-state index in [0.29, 0.717) is 6.54 Å². The van der Waals surface area contributed by atoms with E-state index in [0.717, 1.165) is 43.7 Å². The molecule has 2 amide bonds. The van der Waals surface area contributed by atoms with Gasteiger partial charge >= 0.3 is 6.03 Å². The zero-order valence-corrected chi connectivity index (χ0v) is 13.5. The lowest BCUT2D eigenvalue weighted by atomic mass is 10.2. The molecule has 2 N–H and O–H groups in total. The van der Waals surface area contributed by atoms with E-state index in [-0.39, 0.29) is 6.03 Å². The van der Waals surface area contributed by atoms with Crippen molar-refractivity contribution in [2.24, 2.45) is 0 Å². The standard InChI is InChI=1S/C17H24N4O2/c1-23-13-4-2-3-10-18-17(22)20-16-8-6-15(7-9-16)14-21-12-5-11-19-21/h5-9,11-12H,2-4,10,13-14H2,1H3,(H2,18,20,22). The number of amides is 2. The highest BCUT2D eigenvalue weighted by molar-refractivity contribution is 5.89. The van der Waals surface area contributed by atoms with Crippen molar-refractivity contribution in [3.05, 3.63) is 48.3 Å². The Bertz CT molecular complexity index is 567. The van der Waals surface area contributed by atoms with Crippen LogP contribution in [0.15, 0.2) is 42.7 Å². The second-order valence-corrected chi connectivity index (χ2v) is 5.33. The van der Waals surface area contributed by atoms with E-state index in [1.54, 1.807) is 13.3 Å². The molecule has 0 atom stereocenters. The Morgan fingerprint density at radius 2 is 2.04 bits per heavy atom. The van der Waals surface area contributed by atoms with Crippen LogP contribution < -0.4 is 10.6 Å². The number of carbonyl (C=O) groups excluding carboxylic acids is 1. The minimum absolute atomic E-state index is 0.170. The molecule has 124 valence electrons. The van der Waals surface area contributed by atoms with E-state index in [9.17, 15) is 4.79 Å². The van der Waals surface area contributed by atoms with Crippen LogP contribution in [0, 0.1) is 0 Å². The van der Waals surface area contributed by atoms with Gasteiger partial charge in [-0.3, -0.25) is 4.68 Å². The van der Waals surface area contributed by atoms with Crippen molar-refractivity contribution in [3.63, 3.8) is 0 Å². The smallest absolute Gasteiger partial charge is 0.319 e. The van der Waals surface area contributed by atoms with Crippen LogP contribution in [0.25, 0.3) is 0 Å². The van der Waals surface area contributed by atoms with Crippen LogP contribution in [0.4, 0.5) is 10.5 Å². The molecule has 0 aliphatic rings. The summed E-state index contributed by atoms with van der Waals surface area (Å²) in [6.07, 6.45) is 6.72. The highest BCUT2D eigenvalue weighted by atomic mass is 16.5. The fourth-order valence-corrected chi connectivity index (χ4v) is 2.20. The molecule has 1 aromatic heterocycles. The summed E-state index contributed by atoms with van der Waals surface area (Å²) < 4.78 is 6.85. The van der Waals surface area contributed by atoms with Crippen molar-refractivity contribution in [2.75, 3.05) is 25.6 Å². The molecule has 0 fully saturated rings. The molecule has 0 unspecified atom stereocenters. The van der Waals surface area contributed by atoms with Gasteiger partial charge in [-0.15, -0.1) is 0 Å². The number of nitrogens with one attached hydrogen (secondary N) is 2. The Morgan fingerprint density at radius 3 is 2.74 bits per heavy atom. The van der Waals surface area contributed by atoms with Crippen LogP contribution >= 0.6 is 0 Å². The predicted octanol–water partition coefficient (Wildman–Crippen LogP) is 2.87. The Labute approximate surface area is 136 Å². The molecule has 1 aromatic carbocycles. The Kier molecular flexibility index (Phi) is 7.13. The minimum atomic E-state index is -0.170. The maximum absolute atomic E-state index is 11.8. The van der Waals surface area contributed by atoms with Crippen LogP contribution in [0.1, 0.15) is 24.8 Å². The maximum Gasteiger partial charge on any atom is 0.319 e. The topological polar surface area (TPSA) is 68.2 Å². The van der Waals surface area contributed by atoms with Crippen molar-refractivity contribution in [2.45, 2.75) is 25.8 Å². The van der Waals surface area contributed by atoms with E-state index < -0.39 is 0 Å². The minimum Gasteiger partial charge on any atom is -0.385 e. The molecule has 2 rings (SSSR count). The van der Waals surface area contributed by atoms with E-state index >= 15 is 0 Å². The van der Waals surface area contributed by atoms with Gasteiger partial charge in [-0.2, -0.15) is 5.10 Å². The quantitative estimate of drug-likeness (QED) is 0.699. The molecule has 0 saturated carbocycles. The lowest BCUT2D eigenvalue weighted by Crippen LogP contribution is -2.29. The molecule has 1 heterocycles. The SMILES string of the molecule is COCCCCCNC(=O)Nc1ccc(Cn2cccn2)cc1. The molecule has 0 spiro atoms. The maximum atomic E-state index is 11.8. The van der Waals surface area contributed by atoms with E-state index in [2.05, 4.69) is 15.7 Å². The average Bonchev–Trinajstić information content (AvgIpc) is 3.06. The highest BCUT2D eigenvalue weighted by Gasteiger charge is 2.01. The molecule has 0 saturated heterocycles. The Morgan fingerprint density at radius 1 is 1.22 bits per heavy atom. The molecule has 2 aromatic rings. The Balaban J connectivity index is 1.67. The van der Waals surface area contributed by atoms with Crippen molar-refractivity contribution in [3.8, 4) is 0 Å². The van der Waals surface area contributed by atoms with Crippen LogP contribution in [0.3, 0.4) is 0 Å². The molecule has 0 aliphatic carbocycles. The Hall–Kier alpha value is -2.34. The van der Waals surface area contributed by atoms with Crippen molar-refractivity contribution >= 4 is 11.7 Å². The molecule has 0 radical (unpaired) electrons. The van der Waals surface area contributed by atoms with Gasteiger partial charge in [-0.1, -0.05) is 12.1 Å². The second-order valence-electron chi connectivity index (χ2n) is 5.33. The third kappa shape index (κ3) is 6.52. The number of unbranched alkanes of at least 4 members (excludes halogenated alkanes) is 2. The summed E-state index contributed by atoms with van der Waals surface area (Å²) in [7, 11) is 1.70. The number of ether oxygens (including phenoxy) is 1. The molecular formula is C17H24N4O2. The van der Waals surface area contributed by atoms with E-state index in [1.165, 1.54) is 0 Å². The summed E-state index contributed by atoms with van der Waals surface area (Å²) in [6, 6.07) is 9.50. The van der Waals surface area contributed by atoms with Crippen LogP contribution in [0.5, 0.6) is 0 Å². The fraction of sp³-hybridized carbons (Fsp3) is 0.412. The van der Waals surface area contributed by atoms with Gasteiger partial charge in [0.2, 0.25) is 0 Å². The third-order valence-corrected chi connectivity index (χ3v) is 3.43. The molecule has 0 bridgehead atoms. The van der Waals surface area contributed by atoms with Crippen LogP contribution in [-0.4, -0.2) is 36.1 Å². The number of methoxy groups -OCH3 is 1. The average molecular weight is 316 g/mol. The molecule has 6 heteroatoms. The monoisotopic (exact) mass is 316 g/mol. The van der Waals surface area contributed by atoms with Gasteiger partial charge in [0.1, 0.15) is 0 Å². The highest BCUT2D eigenvalue weighted by Crippen LogP contribution is 2.10. The van der Waals surface area contributed by atoms with Gasteiger partial charge in [-0.25, -0.2) is 4.79 Å². The summed E-state index contributed by atoms with van der Waals surface area (Å²) in [5.74, 6) is 0. The summed E-state index contributed by atoms with van der Waals surface area (Å²) in [5.41, 5.74) is 1.92. The number of rotatable bonds is 9. The van der Waals surface area contributed by atoms with E-state index in [1.807, 2.05) is 41.2 Å². The molecule has 6 nitrogen and oxygen atoms in total. The van der Waals surface area contributed by atoms with Crippen molar-refractivity contribution in [1.29, 1.82) is 0 Å². The van der Waals surface area contributed by atoms with Gasteiger partial charge in [0.15, 0.2) is 0 Å². The first-order chi connectivity index (χ1) is 11.3. The first kappa shape index (κ1) is 17.0. The zero-order chi connectivity index (χ0) is 16.3. The molecule has 0 aliphatic heterocycles. The first-order valence-corrected chi connectivity index (χ1v) is 7.88. The number of anilines is 1. The number of nitrogens with zero attached hydrogens (tertiary/aromatic N) is 2. The van der Waals surface area contributed by atoms with Gasteiger partial charge in [0, 0.05) is 38.3 Å². The van der Waals surface area contributed by atoms with Gasteiger partial charge in [0.25, 0.3) is 0 Å². The number of aromatic nitrogens is 2. The normalized spacial score (nSPS) is 10.5. The number of benzene rings is 1. The largest absolute Gasteiger partial charge is 0.385 e. The number of hydrogen-bond donors (Lipinski definition) is 2. The van der Waals surface area contributed by atoms with Gasteiger partial charge < -0.3 is 15.4 Å². The van der Waals surface area contributed by atoms with Crippen molar-refractivity contribution in [1.82, 2.24) is 15.1 Å². The van der Waals surface area contributed by atoms with Gasteiger partial charge in [0.05, 0.1) is 6.54 Å². The van der Waals surface area contributed by atoms with Gasteiger partial charge in [-0.05, 0) is 43.0 Å². The third-order valence-electron chi connectivity index (χ3n) is 3.43. The lowest BCUT2D eigenvalue weighted by Gasteiger charge is -2.08. The fourth-order valence-electron chi connectivity index (χ4n) is 2.20. The number of hydrogen-bond acceptors (Lipinski definition) is 3. The number of urea groups is 1.